The number of hydrogen-bond acceptors (Lipinski definition) is 5. The molecule has 0 atom stereocenters. The van der Waals surface area contributed by atoms with Gasteiger partial charge in [0.05, 0.1) is 32.2 Å². The summed E-state index contributed by atoms with van der Waals surface area (Å²) in [6, 6.07) is 14.0. The van der Waals surface area contributed by atoms with Crippen LogP contribution < -0.4 is 14.8 Å². The first kappa shape index (κ1) is 20.7. The lowest BCUT2D eigenvalue weighted by molar-refractivity contribution is -0.116. The molecule has 27 heavy (non-hydrogen) atoms. The summed E-state index contributed by atoms with van der Waals surface area (Å²) in [6.07, 6.45) is 1.08. The van der Waals surface area contributed by atoms with E-state index in [1.165, 1.54) is 0 Å². The molecule has 146 valence electrons. The molecule has 0 bridgehead atoms. The van der Waals surface area contributed by atoms with E-state index in [0.717, 1.165) is 16.1 Å². The largest absolute Gasteiger partial charge is 0.497 e. The van der Waals surface area contributed by atoms with Gasteiger partial charge in [0.1, 0.15) is 11.5 Å². The monoisotopic (exact) mass is 392 g/mol. The number of amides is 1. The van der Waals surface area contributed by atoms with Crippen LogP contribution in [0.15, 0.2) is 48.5 Å². The van der Waals surface area contributed by atoms with Gasteiger partial charge in [-0.15, -0.1) is 0 Å². The molecule has 0 spiro atoms. The van der Waals surface area contributed by atoms with Crippen LogP contribution in [0.5, 0.6) is 11.5 Å². The summed E-state index contributed by atoms with van der Waals surface area (Å²) in [4.78, 5) is 12.4. The van der Waals surface area contributed by atoms with Crippen molar-refractivity contribution in [2.75, 3.05) is 31.8 Å². The molecule has 1 amide bonds. The lowest BCUT2D eigenvalue weighted by Gasteiger charge is -2.20. The Morgan fingerprint density at radius 1 is 1.11 bits per heavy atom. The highest BCUT2D eigenvalue weighted by atomic mass is 32.2. The predicted octanol–water partition coefficient (Wildman–Crippen LogP) is 2.49. The minimum Gasteiger partial charge on any atom is -0.497 e. The van der Waals surface area contributed by atoms with Gasteiger partial charge in [0.25, 0.3) is 0 Å². The molecule has 0 saturated carbocycles. The molecule has 7 nitrogen and oxygen atoms in total. The molecule has 2 rings (SSSR count). The van der Waals surface area contributed by atoms with Crippen LogP contribution in [0.25, 0.3) is 0 Å². The van der Waals surface area contributed by atoms with Gasteiger partial charge in [0.15, 0.2) is 0 Å². The summed E-state index contributed by atoms with van der Waals surface area (Å²) in [5, 5.41) is 2.71. The Hall–Kier alpha value is -2.58. The van der Waals surface area contributed by atoms with Gasteiger partial charge in [-0.05, 0) is 36.8 Å². The van der Waals surface area contributed by atoms with Gasteiger partial charge in [-0.2, -0.15) is 4.31 Å². The highest BCUT2D eigenvalue weighted by Gasteiger charge is 2.21. The van der Waals surface area contributed by atoms with Crippen molar-refractivity contribution < 1.29 is 22.7 Å². The number of nitrogens with zero attached hydrogens (tertiary/aromatic N) is 1. The number of hydrogen-bond donors (Lipinski definition) is 1. The third-order valence-electron chi connectivity index (χ3n) is 3.77. The minimum atomic E-state index is -3.58. The van der Waals surface area contributed by atoms with E-state index in [9.17, 15) is 13.2 Å². The van der Waals surface area contributed by atoms with Crippen molar-refractivity contribution in [1.29, 1.82) is 0 Å². The van der Waals surface area contributed by atoms with Crippen LogP contribution in [0.4, 0.5) is 5.69 Å². The number of nitrogens with one attached hydrogen (secondary N) is 1. The summed E-state index contributed by atoms with van der Waals surface area (Å²) < 4.78 is 35.9. The predicted molar refractivity (Wildman–Crippen MR) is 104 cm³/mol. The maximum absolute atomic E-state index is 12.4. The van der Waals surface area contributed by atoms with Gasteiger partial charge in [0, 0.05) is 6.54 Å². The Kier molecular flexibility index (Phi) is 7.20. The number of ether oxygens (including phenoxy) is 2. The lowest BCUT2D eigenvalue weighted by Crippen LogP contribution is -2.36. The van der Waals surface area contributed by atoms with Gasteiger partial charge in [-0.25, -0.2) is 8.42 Å². The zero-order valence-electron chi connectivity index (χ0n) is 15.6. The zero-order valence-corrected chi connectivity index (χ0v) is 16.5. The second-order valence-corrected chi connectivity index (χ2v) is 7.84. The molecule has 0 aliphatic carbocycles. The van der Waals surface area contributed by atoms with Crippen molar-refractivity contribution in [2.45, 2.75) is 13.5 Å². The normalized spacial score (nSPS) is 11.3. The smallest absolute Gasteiger partial charge is 0.239 e. The molecule has 2 aromatic rings. The average molecular weight is 392 g/mol. The highest BCUT2D eigenvalue weighted by Crippen LogP contribution is 2.23. The number of para-hydroxylation sites is 2. The van der Waals surface area contributed by atoms with E-state index in [0.29, 0.717) is 23.8 Å². The summed E-state index contributed by atoms with van der Waals surface area (Å²) in [5.74, 6) is 0.769. The van der Waals surface area contributed by atoms with Crippen LogP contribution in [0, 0.1) is 0 Å². The Morgan fingerprint density at radius 2 is 1.78 bits per heavy atom. The molecule has 1 N–H and O–H groups in total. The molecule has 0 aliphatic heterocycles. The Balaban J connectivity index is 2.10. The van der Waals surface area contributed by atoms with Crippen molar-refractivity contribution in [1.82, 2.24) is 4.31 Å². The molecule has 0 fully saturated rings. The van der Waals surface area contributed by atoms with E-state index in [1.807, 2.05) is 6.92 Å². The van der Waals surface area contributed by atoms with Crippen LogP contribution in [0.1, 0.15) is 12.5 Å². The van der Waals surface area contributed by atoms with Crippen LogP contribution in [-0.2, 0) is 21.4 Å². The summed E-state index contributed by atoms with van der Waals surface area (Å²) in [6.45, 7) is 2.09. The fourth-order valence-corrected chi connectivity index (χ4v) is 3.16. The molecule has 0 saturated heterocycles. The van der Waals surface area contributed by atoms with E-state index in [2.05, 4.69) is 5.32 Å². The average Bonchev–Trinajstić information content (AvgIpc) is 2.63. The van der Waals surface area contributed by atoms with Crippen molar-refractivity contribution in [3.63, 3.8) is 0 Å². The fourth-order valence-electron chi connectivity index (χ4n) is 2.43. The van der Waals surface area contributed by atoms with Gasteiger partial charge in [0.2, 0.25) is 15.9 Å². The molecule has 0 heterocycles. The van der Waals surface area contributed by atoms with Crippen molar-refractivity contribution >= 4 is 21.6 Å². The standard InChI is InChI=1S/C19H24N2O5S/c1-4-26-18-8-6-5-7-17(18)20-19(22)14-21(27(3,23)24)13-15-9-11-16(25-2)12-10-15/h5-12H,4,13-14H2,1-3H3,(H,20,22). The molecule has 0 aromatic heterocycles. The van der Waals surface area contributed by atoms with Crippen LogP contribution in [0.2, 0.25) is 0 Å². The number of sulfonamides is 1. The fraction of sp³-hybridized carbons (Fsp3) is 0.316. The number of carbonyl (C=O) groups is 1. The maximum atomic E-state index is 12.4. The van der Waals surface area contributed by atoms with E-state index in [-0.39, 0.29) is 13.1 Å². The first-order valence-electron chi connectivity index (χ1n) is 8.43. The SMILES string of the molecule is CCOc1ccccc1NC(=O)CN(Cc1ccc(OC)cc1)S(C)(=O)=O. The second kappa shape index (κ2) is 9.38. The lowest BCUT2D eigenvalue weighted by atomic mass is 10.2. The van der Waals surface area contributed by atoms with Gasteiger partial charge < -0.3 is 14.8 Å². The topological polar surface area (TPSA) is 84.9 Å². The maximum Gasteiger partial charge on any atom is 0.239 e. The van der Waals surface area contributed by atoms with Crippen molar-refractivity contribution in [2.24, 2.45) is 0 Å². The number of anilines is 1. The summed E-state index contributed by atoms with van der Waals surface area (Å²) in [5.41, 5.74) is 1.26. The number of benzene rings is 2. The minimum absolute atomic E-state index is 0.0867. The highest BCUT2D eigenvalue weighted by molar-refractivity contribution is 7.88. The summed E-state index contributed by atoms with van der Waals surface area (Å²) in [7, 11) is -2.02. The van der Waals surface area contributed by atoms with Crippen molar-refractivity contribution in [3.05, 3.63) is 54.1 Å². The van der Waals surface area contributed by atoms with Crippen LogP contribution >= 0.6 is 0 Å². The molecular weight excluding hydrogens is 368 g/mol. The number of rotatable bonds is 9. The van der Waals surface area contributed by atoms with Crippen LogP contribution in [-0.4, -0.2) is 45.1 Å². The molecule has 0 unspecified atom stereocenters. The van der Waals surface area contributed by atoms with Gasteiger partial charge in [-0.1, -0.05) is 24.3 Å². The van der Waals surface area contributed by atoms with E-state index < -0.39 is 15.9 Å². The van der Waals surface area contributed by atoms with Gasteiger partial charge in [-0.3, -0.25) is 4.79 Å². The quantitative estimate of drug-likeness (QED) is 0.709. The third kappa shape index (κ3) is 6.26. The first-order chi connectivity index (χ1) is 12.8. The summed E-state index contributed by atoms with van der Waals surface area (Å²) >= 11 is 0. The van der Waals surface area contributed by atoms with E-state index >= 15 is 0 Å². The Morgan fingerprint density at radius 3 is 2.37 bits per heavy atom. The molecule has 8 heteroatoms. The molecule has 0 radical (unpaired) electrons. The first-order valence-corrected chi connectivity index (χ1v) is 10.3. The molecule has 0 aliphatic rings. The van der Waals surface area contributed by atoms with E-state index in [4.69, 9.17) is 9.47 Å². The Bertz CT molecular complexity index is 866. The number of carbonyl (C=O) groups excluding carboxylic acids is 1. The third-order valence-corrected chi connectivity index (χ3v) is 4.96. The molecule has 2 aromatic carbocycles. The van der Waals surface area contributed by atoms with Crippen LogP contribution in [0.3, 0.4) is 0 Å². The Labute approximate surface area is 160 Å². The molecular formula is C19H24N2O5S. The van der Waals surface area contributed by atoms with Crippen molar-refractivity contribution in [3.8, 4) is 11.5 Å². The van der Waals surface area contributed by atoms with E-state index in [1.54, 1.807) is 55.6 Å². The van der Waals surface area contributed by atoms with Gasteiger partial charge >= 0.3 is 0 Å². The second-order valence-electron chi connectivity index (χ2n) is 5.86. The zero-order chi connectivity index (χ0) is 19.9. The number of methoxy groups -OCH3 is 1.